The second-order valence-corrected chi connectivity index (χ2v) is 4.48. The molecule has 1 rings (SSSR count). The van der Waals surface area contributed by atoms with Crippen molar-refractivity contribution in [2.75, 3.05) is 6.61 Å². The Morgan fingerprint density at radius 3 is 2.41 bits per heavy atom. The first-order chi connectivity index (χ1) is 8.00. The fraction of sp³-hybridized carbons (Fsp3) is 0.692. The summed E-state index contributed by atoms with van der Waals surface area (Å²) in [5.41, 5.74) is 0.839. The Morgan fingerprint density at radius 1 is 1.18 bits per heavy atom. The minimum absolute atomic E-state index is 0.107. The molecular weight excluding hydrogens is 220 g/mol. The molecule has 2 atom stereocenters. The van der Waals surface area contributed by atoms with Crippen molar-refractivity contribution in [1.82, 2.24) is 0 Å². The summed E-state index contributed by atoms with van der Waals surface area (Å²) in [6, 6.07) is 0. The van der Waals surface area contributed by atoms with Gasteiger partial charge in [-0.1, -0.05) is 13.0 Å². The molecule has 0 aromatic carbocycles. The molecule has 0 unspecified atom stereocenters. The molecule has 0 heterocycles. The van der Waals surface area contributed by atoms with Crippen molar-refractivity contribution in [3.63, 3.8) is 0 Å². The van der Waals surface area contributed by atoms with Crippen LogP contribution in [-0.2, 0) is 19.1 Å². The Hall–Kier alpha value is -1.32. The lowest BCUT2D eigenvalue weighted by Gasteiger charge is -2.32. The second-order valence-electron chi connectivity index (χ2n) is 4.48. The predicted octanol–water partition coefficient (Wildman–Crippen LogP) is 2.23. The lowest BCUT2D eigenvalue weighted by molar-refractivity contribution is -0.150. The average Bonchev–Trinajstić information content (AvgIpc) is 2.25. The third kappa shape index (κ3) is 4.59. The Balaban J connectivity index is 2.54. The van der Waals surface area contributed by atoms with Gasteiger partial charge in [-0.3, -0.25) is 9.59 Å². The van der Waals surface area contributed by atoms with Gasteiger partial charge in [-0.15, -0.1) is 0 Å². The molecule has 17 heavy (non-hydrogen) atoms. The van der Waals surface area contributed by atoms with Crippen LogP contribution in [0.2, 0.25) is 0 Å². The van der Waals surface area contributed by atoms with E-state index in [4.69, 9.17) is 9.47 Å². The van der Waals surface area contributed by atoms with Crippen LogP contribution in [0.15, 0.2) is 12.2 Å². The Bertz CT molecular complexity index is 309. The van der Waals surface area contributed by atoms with Crippen LogP contribution in [0, 0.1) is 5.92 Å². The summed E-state index contributed by atoms with van der Waals surface area (Å²) in [6.07, 6.45) is 3.86. The van der Waals surface area contributed by atoms with Crippen LogP contribution >= 0.6 is 0 Å². The highest BCUT2D eigenvalue weighted by Crippen LogP contribution is 2.31. The van der Waals surface area contributed by atoms with Gasteiger partial charge in [0.25, 0.3) is 0 Å². The Morgan fingerprint density at radius 2 is 1.82 bits per heavy atom. The average molecular weight is 240 g/mol. The first-order valence-corrected chi connectivity index (χ1v) is 5.99. The maximum atomic E-state index is 11.0. The van der Waals surface area contributed by atoms with Gasteiger partial charge in [0.05, 0.1) is 0 Å². The zero-order valence-electron chi connectivity index (χ0n) is 10.5. The Labute approximate surface area is 102 Å². The second kappa shape index (κ2) is 6.42. The molecule has 0 aromatic heterocycles. The van der Waals surface area contributed by atoms with Crippen molar-refractivity contribution in [3.05, 3.63) is 12.2 Å². The first kappa shape index (κ1) is 13.7. The zero-order valence-corrected chi connectivity index (χ0v) is 10.5. The smallest absolute Gasteiger partial charge is 0.302 e. The maximum Gasteiger partial charge on any atom is 0.302 e. The number of hydrogen-bond acceptors (Lipinski definition) is 4. The summed E-state index contributed by atoms with van der Waals surface area (Å²) in [5.74, 6) is -0.458. The summed E-state index contributed by atoms with van der Waals surface area (Å²) in [5, 5.41) is 0. The van der Waals surface area contributed by atoms with Crippen LogP contribution in [0.3, 0.4) is 0 Å². The van der Waals surface area contributed by atoms with Crippen LogP contribution in [0.25, 0.3) is 0 Å². The summed E-state index contributed by atoms with van der Waals surface area (Å²) >= 11 is 0. The van der Waals surface area contributed by atoms with E-state index >= 15 is 0 Å². The summed E-state index contributed by atoms with van der Waals surface area (Å²) in [6.45, 7) is 6.95. The van der Waals surface area contributed by atoms with Gasteiger partial charge in [-0.2, -0.15) is 0 Å². The predicted molar refractivity (Wildman–Crippen MR) is 63.3 cm³/mol. The SMILES string of the molecule is C=C(COC(C)=O)[C@@H]1CCCC[C@H]1OC(C)=O. The number of ether oxygens (including phenoxy) is 2. The van der Waals surface area contributed by atoms with Crippen LogP contribution in [0.1, 0.15) is 39.5 Å². The Kier molecular flexibility index (Phi) is 5.19. The van der Waals surface area contributed by atoms with E-state index in [0.29, 0.717) is 0 Å². The fourth-order valence-corrected chi connectivity index (χ4v) is 2.22. The lowest BCUT2D eigenvalue weighted by atomic mass is 9.82. The largest absolute Gasteiger partial charge is 0.462 e. The van der Waals surface area contributed by atoms with Crippen molar-refractivity contribution in [2.45, 2.75) is 45.6 Å². The quantitative estimate of drug-likeness (QED) is 0.558. The van der Waals surface area contributed by atoms with E-state index in [1.807, 2.05) is 0 Å². The summed E-state index contributed by atoms with van der Waals surface area (Å²) in [4.78, 5) is 21.8. The van der Waals surface area contributed by atoms with E-state index in [0.717, 1.165) is 31.3 Å². The fourth-order valence-electron chi connectivity index (χ4n) is 2.22. The van der Waals surface area contributed by atoms with Gasteiger partial charge in [0.2, 0.25) is 0 Å². The molecule has 1 saturated carbocycles. The van der Waals surface area contributed by atoms with E-state index in [1.165, 1.54) is 13.8 Å². The van der Waals surface area contributed by atoms with Gasteiger partial charge in [0, 0.05) is 19.8 Å². The van der Waals surface area contributed by atoms with Crippen molar-refractivity contribution < 1.29 is 19.1 Å². The molecule has 0 bridgehead atoms. The van der Waals surface area contributed by atoms with E-state index in [2.05, 4.69) is 6.58 Å². The van der Waals surface area contributed by atoms with Gasteiger partial charge < -0.3 is 9.47 Å². The molecule has 0 aromatic rings. The third-order valence-electron chi connectivity index (χ3n) is 3.01. The molecule has 4 nitrogen and oxygen atoms in total. The molecule has 0 amide bonds. The number of carbonyl (C=O) groups is 2. The molecule has 1 aliphatic carbocycles. The van der Waals surface area contributed by atoms with Gasteiger partial charge in [0.1, 0.15) is 12.7 Å². The van der Waals surface area contributed by atoms with E-state index < -0.39 is 0 Å². The van der Waals surface area contributed by atoms with Crippen LogP contribution in [0.5, 0.6) is 0 Å². The van der Waals surface area contributed by atoms with Crippen LogP contribution < -0.4 is 0 Å². The van der Waals surface area contributed by atoms with Crippen LogP contribution in [-0.4, -0.2) is 24.6 Å². The lowest BCUT2D eigenvalue weighted by Crippen LogP contribution is -2.31. The molecule has 0 aliphatic heterocycles. The standard InChI is InChI=1S/C13H20O4/c1-9(8-16-10(2)14)12-6-4-5-7-13(12)17-11(3)15/h12-13H,1,4-8H2,2-3H3/t12-,13+/m0/s1. The summed E-state index contributed by atoms with van der Waals surface area (Å²) < 4.78 is 10.2. The molecule has 1 fully saturated rings. The molecule has 0 N–H and O–H groups in total. The molecule has 1 aliphatic rings. The highest BCUT2D eigenvalue weighted by molar-refractivity contribution is 5.66. The van der Waals surface area contributed by atoms with E-state index in [1.54, 1.807) is 0 Å². The van der Waals surface area contributed by atoms with Gasteiger partial charge in [-0.05, 0) is 24.8 Å². The number of carbonyl (C=O) groups excluding carboxylic acids is 2. The van der Waals surface area contributed by atoms with Gasteiger partial charge in [-0.25, -0.2) is 0 Å². The van der Waals surface area contributed by atoms with Crippen LogP contribution in [0.4, 0.5) is 0 Å². The molecular formula is C13H20O4. The first-order valence-electron chi connectivity index (χ1n) is 5.99. The van der Waals surface area contributed by atoms with Crippen molar-refractivity contribution in [2.24, 2.45) is 5.92 Å². The molecule has 0 saturated heterocycles. The van der Waals surface area contributed by atoms with Crippen molar-refractivity contribution in [1.29, 1.82) is 0 Å². The molecule has 4 heteroatoms. The minimum Gasteiger partial charge on any atom is -0.462 e. The number of hydrogen-bond donors (Lipinski definition) is 0. The highest BCUT2D eigenvalue weighted by atomic mass is 16.5. The van der Waals surface area contributed by atoms with Crippen molar-refractivity contribution >= 4 is 11.9 Å². The van der Waals surface area contributed by atoms with E-state index in [9.17, 15) is 9.59 Å². The monoisotopic (exact) mass is 240 g/mol. The number of esters is 2. The molecule has 0 spiro atoms. The van der Waals surface area contributed by atoms with E-state index in [-0.39, 0.29) is 30.6 Å². The maximum absolute atomic E-state index is 11.0. The van der Waals surface area contributed by atoms with Gasteiger partial charge >= 0.3 is 11.9 Å². The third-order valence-corrected chi connectivity index (χ3v) is 3.01. The number of rotatable bonds is 4. The summed E-state index contributed by atoms with van der Waals surface area (Å²) in [7, 11) is 0. The molecule has 0 radical (unpaired) electrons. The minimum atomic E-state index is -0.314. The zero-order chi connectivity index (χ0) is 12.8. The highest BCUT2D eigenvalue weighted by Gasteiger charge is 2.29. The van der Waals surface area contributed by atoms with Gasteiger partial charge in [0.15, 0.2) is 0 Å². The molecule has 96 valence electrons. The topological polar surface area (TPSA) is 52.6 Å². The normalized spacial score (nSPS) is 23.9. The van der Waals surface area contributed by atoms with Crippen molar-refractivity contribution in [3.8, 4) is 0 Å².